The van der Waals surface area contributed by atoms with Crippen molar-refractivity contribution in [3.63, 3.8) is 0 Å². The molecule has 6 nitrogen and oxygen atoms in total. The molecule has 0 saturated carbocycles. The van der Waals surface area contributed by atoms with E-state index in [1.807, 2.05) is 41.5 Å². The van der Waals surface area contributed by atoms with Crippen molar-refractivity contribution in [1.29, 1.82) is 0 Å². The Hall–Kier alpha value is -2.01. The molecule has 1 atom stereocenters. The van der Waals surface area contributed by atoms with Crippen molar-refractivity contribution in [1.82, 2.24) is 0 Å². The average Bonchev–Trinajstić information content (AvgIpc) is 2.54. The number of ether oxygens (including phenoxy) is 3. The molecule has 12 heteroatoms. The molecule has 0 aliphatic carbocycles. The summed E-state index contributed by atoms with van der Waals surface area (Å²) in [5.74, 6) is -4.88. The maximum Gasteiger partial charge on any atom is 0.434 e. The van der Waals surface area contributed by atoms with Gasteiger partial charge in [0.1, 0.15) is 6.42 Å². The third-order valence-corrected chi connectivity index (χ3v) is 4.60. The largest absolute Gasteiger partial charge is 0.442 e. The van der Waals surface area contributed by atoms with Gasteiger partial charge < -0.3 is 14.2 Å². The molecule has 0 aromatic rings. The number of alkyl halides is 6. The van der Waals surface area contributed by atoms with Gasteiger partial charge in [-0.3, -0.25) is 14.4 Å². The lowest BCUT2D eigenvalue weighted by atomic mass is 9.70. The Morgan fingerprint density at radius 1 is 0.806 bits per heavy atom. The molecule has 0 radical (unpaired) electrons. The number of hydrogen-bond acceptors (Lipinski definition) is 6. The highest BCUT2D eigenvalue weighted by Crippen LogP contribution is 2.39. The third kappa shape index (κ3) is 10.7. The number of esters is 3. The summed E-state index contributed by atoms with van der Waals surface area (Å²) >= 11 is 0. The summed E-state index contributed by atoms with van der Waals surface area (Å²) in [5.41, 5.74) is -0.688. The van der Waals surface area contributed by atoms with Crippen LogP contribution in [-0.2, 0) is 28.6 Å². The summed E-state index contributed by atoms with van der Waals surface area (Å²) in [4.78, 5) is 35.1. The second-order valence-electron chi connectivity index (χ2n) is 8.87. The molecule has 0 amide bonds. The van der Waals surface area contributed by atoms with Crippen molar-refractivity contribution in [2.24, 2.45) is 16.7 Å². The van der Waals surface area contributed by atoms with Gasteiger partial charge in [-0.1, -0.05) is 48.0 Å². The smallest absolute Gasteiger partial charge is 0.434 e. The Bertz CT molecular complexity index is 619. The van der Waals surface area contributed by atoms with Crippen LogP contribution >= 0.6 is 0 Å². The van der Waals surface area contributed by atoms with Crippen LogP contribution in [-0.4, -0.2) is 43.2 Å². The van der Waals surface area contributed by atoms with Gasteiger partial charge in [0.25, 0.3) is 6.10 Å². The molecule has 0 aromatic carbocycles. The van der Waals surface area contributed by atoms with Crippen molar-refractivity contribution < 1.29 is 54.9 Å². The van der Waals surface area contributed by atoms with Crippen LogP contribution in [0.2, 0.25) is 0 Å². The van der Waals surface area contributed by atoms with Crippen LogP contribution in [0.4, 0.5) is 26.3 Å². The predicted molar refractivity (Wildman–Crippen MR) is 95.3 cm³/mol. The maximum atomic E-state index is 12.4. The van der Waals surface area contributed by atoms with Gasteiger partial charge in [-0.25, -0.2) is 0 Å². The van der Waals surface area contributed by atoms with Crippen LogP contribution in [0.3, 0.4) is 0 Å². The summed E-state index contributed by atoms with van der Waals surface area (Å²) in [6.07, 6.45) is -16.5. The maximum absolute atomic E-state index is 12.4. The molecule has 182 valence electrons. The number of rotatable bonds is 9. The van der Waals surface area contributed by atoms with E-state index < -0.39 is 60.9 Å². The Balaban J connectivity index is 4.79. The number of carbonyl (C=O) groups is 3. The Labute approximate surface area is 176 Å². The molecule has 0 spiro atoms. The fraction of sp³-hybridized carbons (Fsp3) is 0.842. The topological polar surface area (TPSA) is 78.9 Å². The summed E-state index contributed by atoms with van der Waals surface area (Å²) in [7, 11) is 0. The molecule has 0 aliphatic rings. The van der Waals surface area contributed by atoms with E-state index in [1.165, 1.54) is 0 Å². The van der Waals surface area contributed by atoms with Gasteiger partial charge in [0, 0.05) is 0 Å². The summed E-state index contributed by atoms with van der Waals surface area (Å²) in [5, 5.41) is 0. The lowest BCUT2D eigenvalue weighted by molar-refractivity contribution is -0.313. The summed E-state index contributed by atoms with van der Waals surface area (Å²) < 4.78 is 86.7. The first-order valence-corrected chi connectivity index (χ1v) is 9.36. The van der Waals surface area contributed by atoms with Gasteiger partial charge >= 0.3 is 30.3 Å². The van der Waals surface area contributed by atoms with E-state index in [4.69, 9.17) is 4.74 Å². The summed E-state index contributed by atoms with van der Waals surface area (Å²) in [6.45, 7) is 10.3. The number of carbonyl (C=O) groups excluding carboxylic acids is 3. The van der Waals surface area contributed by atoms with Crippen molar-refractivity contribution in [2.75, 3.05) is 6.79 Å². The molecule has 0 saturated heterocycles. The normalized spacial score (nSPS) is 14.2. The minimum atomic E-state index is -5.90. The van der Waals surface area contributed by atoms with Crippen molar-refractivity contribution in [2.45, 2.75) is 79.3 Å². The van der Waals surface area contributed by atoms with Crippen LogP contribution in [0.5, 0.6) is 0 Å². The number of halogens is 6. The monoisotopic (exact) mass is 466 g/mol. The first-order valence-electron chi connectivity index (χ1n) is 9.36. The molecule has 0 N–H and O–H groups in total. The number of hydrogen-bond donors (Lipinski definition) is 0. The molecular weight excluding hydrogens is 438 g/mol. The molecule has 0 aliphatic heterocycles. The van der Waals surface area contributed by atoms with Gasteiger partial charge in [0.2, 0.25) is 6.79 Å². The standard InChI is InChI=1S/C19H28F6O6/c1-7-17(5,6)9-11(16(2,3)4)14(28)30-10-29-12(26)8-13(27)31-15(18(20,21)22)19(23,24)25/h11,15H,7-10H2,1-6H3. The first-order chi connectivity index (χ1) is 13.7. The summed E-state index contributed by atoms with van der Waals surface area (Å²) in [6, 6.07) is 0. The van der Waals surface area contributed by atoms with Crippen molar-refractivity contribution in [3.05, 3.63) is 0 Å². The van der Waals surface area contributed by atoms with Gasteiger partial charge in [-0.2, -0.15) is 26.3 Å². The van der Waals surface area contributed by atoms with Crippen LogP contribution in [0.1, 0.15) is 60.8 Å². The van der Waals surface area contributed by atoms with Crippen molar-refractivity contribution >= 4 is 17.9 Å². The fourth-order valence-electron chi connectivity index (χ4n) is 2.36. The molecule has 0 fully saturated rings. The van der Waals surface area contributed by atoms with Crippen LogP contribution in [0, 0.1) is 16.7 Å². The lowest BCUT2D eigenvalue weighted by Gasteiger charge is -2.35. The minimum absolute atomic E-state index is 0.190. The molecular formula is C19H28F6O6. The predicted octanol–water partition coefficient (Wildman–Crippen LogP) is 4.95. The average molecular weight is 466 g/mol. The van der Waals surface area contributed by atoms with Crippen LogP contribution in [0.15, 0.2) is 0 Å². The van der Waals surface area contributed by atoms with E-state index in [9.17, 15) is 40.7 Å². The molecule has 0 heterocycles. The van der Waals surface area contributed by atoms with E-state index >= 15 is 0 Å². The van der Waals surface area contributed by atoms with Crippen LogP contribution < -0.4 is 0 Å². The molecule has 31 heavy (non-hydrogen) atoms. The molecule has 1 unspecified atom stereocenters. The Kier molecular flexibility index (Phi) is 9.85. The zero-order valence-electron chi connectivity index (χ0n) is 18.2. The van der Waals surface area contributed by atoms with E-state index in [0.717, 1.165) is 6.42 Å². The highest BCUT2D eigenvalue weighted by Gasteiger charge is 2.59. The van der Waals surface area contributed by atoms with Gasteiger partial charge in [0.05, 0.1) is 5.92 Å². The van der Waals surface area contributed by atoms with E-state index in [0.29, 0.717) is 6.42 Å². The Morgan fingerprint density at radius 2 is 1.29 bits per heavy atom. The van der Waals surface area contributed by atoms with E-state index in [2.05, 4.69) is 9.47 Å². The van der Waals surface area contributed by atoms with Gasteiger partial charge in [0.15, 0.2) is 0 Å². The van der Waals surface area contributed by atoms with Crippen LogP contribution in [0.25, 0.3) is 0 Å². The van der Waals surface area contributed by atoms with E-state index in [1.54, 1.807) is 0 Å². The fourth-order valence-corrected chi connectivity index (χ4v) is 2.36. The highest BCUT2D eigenvalue weighted by molar-refractivity contribution is 5.91. The zero-order chi connectivity index (χ0) is 24.8. The SMILES string of the molecule is CCC(C)(C)CC(C(=O)OCOC(=O)CC(=O)OC(C(F)(F)F)C(F)(F)F)C(C)(C)C. The highest BCUT2D eigenvalue weighted by atomic mass is 19.4. The quantitative estimate of drug-likeness (QED) is 0.207. The van der Waals surface area contributed by atoms with Crippen molar-refractivity contribution in [3.8, 4) is 0 Å². The van der Waals surface area contributed by atoms with E-state index in [-0.39, 0.29) is 5.41 Å². The molecule has 0 bridgehead atoms. The first kappa shape index (κ1) is 29.0. The van der Waals surface area contributed by atoms with Gasteiger partial charge in [-0.15, -0.1) is 0 Å². The molecule has 0 aromatic heterocycles. The lowest BCUT2D eigenvalue weighted by Crippen LogP contribution is -2.45. The zero-order valence-corrected chi connectivity index (χ0v) is 18.2. The molecule has 0 rings (SSSR count). The second-order valence-corrected chi connectivity index (χ2v) is 8.87. The minimum Gasteiger partial charge on any atom is -0.442 e. The Morgan fingerprint density at radius 3 is 1.68 bits per heavy atom. The third-order valence-electron chi connectivity index (χ3n) is 4.60. The van der Waals surface area contributed by atoms with Gasteiger partial charge in [-0.05, 0) is 17.3 Å². The second kappa shape index (κ2) is 10.5.